The third kappa shape index (κ3) is 5.28. The second-order valence-corrected chi connectivity index (χ2v) is 8.11. The van der Waals surface area contributed by atoms with Gasteiger partial charge in [0.15, 0.2) is 0 Å². The van der Waals surface area contributed by atoms with Gasteiger partial charge in [0.1, 0.15) is 11.8 Å². The highest BCUT2D eigenvalue weighted by molar-refractivity contribution is 5.95. The lowest BCUT2D eigenvalue weighted by Gasteiger charge is -2.30. The summed E-state index contributed by atoms with van der Waals surface area (Å²) in [7, 11) is 0. The molecule has 0 atom stereocenters. The van der Waals surface area contributed by atoms with Crippen molar-refractivity contribution in [2.75, 3.05) is 13.1 Å². The molecule has 0 saturated heterocycles. The number of ether oxygens (including phenoxy) is 1. The summed E-state index contributed by atoms with van der Waals surface area (Å²) in [6.45, 7) is -0.958. The zero-order chi connectivity index (χ0) is 24.5. The molecule has 1 fully saturated rings. The Morgan fingerprint density at radius 2 is 1.88 bits per heavy atom. The van der Waals surface area contributed by atoms with Crippen molar-refractivity contribution in [3.63, 3.8) is 0 Å². The first kappa shape index (κ1) is 23.9. The number of nitriles is 1. The molecule has 34 heavy (non-hydrogen) atoms. The van der Waals surface area contributed by atoms with E-state index in [9.17, 15) is 31.6 Å². The maximum absolute atomic E-state index is 12.7. The topological polar surface area (TPSA) is 62.9 Å². The van der Waals surface area contributed by atoms with Crippen LogP contribution in [0.25, 0.3) is 22.3 Å². The Hall–Kier alpha value is -3.26. The molecule has 2 aromatic heterocycles. The number of fused-ring (bicyclic) bond motifs is 1. The zero-order valence-corrected chi connectivity index (χ0v) is 17.8. The predicted octanol–water partition coefficient (Wildman–Crippen LogP) is 5.89. The van der Waals surface area contributed by atoms with Gasteiger partial charge in [-0.3, -0.25) is 4.98 Å². The van der Waals surface area contributed by atoms with Crippen LogP contribution < -0.4 is 10.1 Å². The van der Waals surface area contributed by atoms with Gasteiger partial charge in [-0.15, -0.1) is 13.2 Å². The van der Waals surface area contributed by atoms with Gasteiger partial charge < -0.3 is 14.6 Å². The van der Waals surface area contributed by atoms with Crippen LogP contribution in [0.4, 0.5) is 26.3 Å². The van der Waals surface area contributed by atoms with Crippen LogP contribution in [-0.4, -0.2) is 35.2 Å². The molecule has 0 aliphatic heterocycles. The Morgan fingerprint density at radius 3 is 2.44 bits per heavy atom. The first-order chi connectivity index (χ1) is 16.1. The number of nitrogens with one attached hydrogen (secondary N) is 1. The van der Waals surface area contributed by atoms with Gasteiger partial charge >= 0.3 is 12.5 Å². The minimum atomic E-state index is -4.84. The summed E-state index contributed by atoms with van der Waals surface area (Å²) in [6.07, 6.45) is -4.67. The van der Waals surface area contributed by atoms with E-state index in [0.29, 0.717) is 39.8 Å². The van der Waals surface area contributed by atoms with Crippen molar-refractivity contribution in [1.29, 1.82) is 5.26 Å². The number of alkyl halides is 6. The third-order valence-corrected chi connectivity index (χ3v) is 5.74. The third-order valence-electron chi connectivity index (χ3n) is 5.74. The highest BCUT2D eigenvalue weighted by Gasteiger charge is 2.33. The van der Waals surface area contributed by atoms with E-state index in [0.717, 1.165) is 19.3 Å². The van der Waals surface area contributed by atoms with Gasteiger partial charge in [-0.2, -0.15) is 18.4 Å². The van der Waals surface area contributed by atoms with E-state index < -0.39 is 19.1 Å². The van der Waals surface area contributed by atoms with Gasteiger partial charge in [0.25, 0.3) is 0 Å². The summed E-state index contributed by atoms with van der Waals surface area (Å²) in [5.74, 6) is -0.372. The monoisotopic (exact) mass is 482 g/mol. The Bertz CT molecular complexity index is 1200. The van der Waals surface area contributed by atoms with E-state index >= 15 is 0 Å². The van der Waals surface area contributed by atoms with Gasteiger partial charge in [0, 0.05) is 23.7 Å². The van der Waals surface area contributed by atoms with Crippen LogP contribution >= 0.6 is 0 Å². The Labute approximate surface area is 191 Å². The molecule has 0 amide bonds. The smallest absolute Gasteiger partial charge is 0.406 e. The lowest BCUT2D eigenvalue weighted by Crippen LogP contribution is -2.30. The van der Waals surface area contributed by atoms with Crippen molar-refractivity contribution >= 4 is 10.9 Å². The lowest BCUT2D eigenvalue weighted by molar-refractivity contribution is -0.274. The molecule has 1 aliphatic rings. The molecule has 1 aromatic carbocycles. The van der Waals surface area contributed by atoms with Crippen LogP contribution in [0.2, 0.25) is 0 Å². The first-order valence-electron chi connectivity index (χ1n) is 10.6. The fourth-order valence-corrected chi connectivity index (χ4v) is 4.05. The van der Waals surface area contributed by atoms with E-state index in [2.05, 4.69) is 21.1 Å². The van der Waals surface area contributed by atoms with Crippen LogP contribution in [0, 0.1) is 11.3 Å². The van der Waals surface area contributed by atoms with Crippen LogP contribution in [0.3, 0.4) is 0 Å². The SMILES string of the molecule is N#Cc1c(-c2ccc(CCNCC(F)(F)F)cn2)n(C2CCC2)c2cc(OC(F)(F)F)ccc12. The van der Waals surface area contributed by atoms with E-state index in [1.807, 2.05) is 4.57 Å². The van der Waals surface area contributed by atoms with Crippen molar-refractivity contribution in [2.45, 2.75) is 44.3 Å². The molecular formula is C23H20F6N4O. The van der Waals surface area contributed by atoms with E-state index in [-0.39, 0.29) is 18.3 Å². The molecule has 4 rings (SSSR count). The molecule has 11 heteroatoms. The Kier molecular flexibility index (Phi) is 6.45. The van der Waals surface area contributed by atoms with Crippen LogP contribution in [-0.2, 0) is 6.42 Å². The number of hydrogen-bond donors (Lipinski definition) is 1. The minimum absolute atomic E-state index is 0.00813. The van der Waals surface area contributed by atoms with Gasteiger partial charge in [0.2, 0.25) is 0 Å². The number of benzene rings is 1. The van der Waals surface area contributed by atoms with Crippen molar-refractivity contribution < 1.29 is 31.1 Å². The fraction of sp³-hybridized carbons (Fsp3) is 0.391. The summed E-state index contributed by atoms with van der Waals surface area (Å²) in [4.78, 5) is 4.43. The van der Waals surface area contributed by atoms with Crippen molar-refractivity contribution in [1.82, 2.24) is 14.9 Å². The molecule has 0 unspecified atom stereocenters. The van der Waals surface area contributed by atoms with E-state index in [4.69, 9.17) is 0 Å². The summed E-state index contributed by atoms with van der Waals surface area (Å²) in [5, 5.41) is 12.7. The number of nitrogens with zero attached hydrogens (tertiary/aromatic N) is 3. The normalized spacial score (nSPS) is 14.7. The van der Waals surface area contributed by atoms with Gasteiger partial charge in [-0.1, -0.05) is 6.07 Å². The second kappa shape index (κ2) is 9.18. The lowest BCUT2D eigenvalue weighted by atomic mass is 9.92. The number of hydrogen-bond acceptors (Lipinski definition) is 4. The van der Waals surface area contributed by atoms with Crippen LogP contribution in [0.1, 0.15) is 36.4 Å². The fourth-order valence-electron chi connectivity index (χ4n) is 4.05. The molecule has 0 spiro atoms. The predicted molar refractivity (Wildman–Crippen MR) is 112 cm³/mol. The molecule has 1 aliphatic carbocycles. The molecule has 1 saturated carbocycles. The average molecular weight is 482 g/mol. The number of aromatic nitrogens is 2. The number of rotatable bonds is 7. The van der Waals surface area contributed by atoms with Crippen molar-refractivity contribution in [3.05, 3.63) is 47.7 Å². The van der Waals surface area contributed by atoms with Gasteiger partial charge in [0.05, 0.1) is 29.0 Å². The Balaban J connectivity index is 1.68. The second-order valence-electron chi connectivity index (χ2n) is 8.11. The molecule has 3 aromatic rings. The standard InChI is InChI=1S/C23H20F6N4O/c24-22(25,26)13-31-9-8-14-4-7-19(32-12-14)21-18(11-30)17-6-5-16(34-23(27,28)29)10-20(17)33(21)15-2-1-3-15/h4-7,10,12,15,31H,1-3,8-9,13H2. The van der Waals surface area contributed by atoms with Crippen molar-refractivity contribution in [2.24, 2.45) is 0 Å². The Morgan fingerprint density at radius 1 is 1.12 bits per heavy atom. The van der Waals surface area contributed by atoms with Gasteiger partial charge in [-0.05, 0) is 56.0 Å². The molecule has 0 bridgehead atoms. The molecule has 1 N–H and O–H groups in total. The quantitative estimate of drug-likeness (QED) is 0.337. The van der Waals surface area contributed by atoms with E-state index in [1.165, 1.54) is 24.4 Å². The highest BCUT2D eigenvalue weighted by atomic mass is 19.4. The summed E-state index contributed by atoms with van der Waals surface area (Å²) >= 11 is 0. The molecule has 0 radical (unpaired) electrons. The van der Waals surface area contributed by atoms with Crippen LogP contribution in [0.15, 0.2) is 36.5 Å². The van der Waals surface area contributed by atoms with Crippen LogP contribution in [0.5, 0.6) is 5.75 Å². The maximum Gasteiger partial charge on any atom is 0.573 e. The molecule has 180 valence electrons. The first-order valence-corrected chi connectivity index (χ1v) is 10.6. The number of pyridine rings is 1. The molecular weight excluding hydrogens is 462 g/mol. The minimum Gasteiger partial charge on any atom is -0.406 e. The summed E-state index contributed by atoms with van der Waals surface area (Å²) in [5.41, 5.74) is 2.44. The molecule has 2 heterocycles. The highest BCUT2D eigenvalue weighted by Crippen LogP contribution is 2.43. The van der Waals surface area contributed by atoms with Gasteiger partial charge in [-0.25, -0.2) is 0 Å². The maximum atomic E-state index is 12.7. The zero-order valence-electron chi connectivity index (χ0n) is 17.8. The van der Waals surface area contributed by atoms with E-state index in [1.54, 1.807) is 12.1 Å². The average Bonchev–Trinajstić information content (AvgIpc) is 3.02. The molecule has 5 nitrogen and oxygen atoms in total. The summed E-state index contributed by atoms with van der Waals surface area (Å²) < 4.78 is 81.0. The van der Waals surface area contributed by atoms with Crippen molar-refractivity contribution in [3.8, 4) is 23.2 Å². The largest absolute Gasteiger partial charge is 0.573 e. The summed E-state index contributed by atoms with van der Waals surface area (Å²) in [6, 6.07) is 9.46. The number of halogens is 6.